The molecule has 0 saturated heterocycles. The third-order valence-corrected chi connectivity index (χ3v) is 5.99. The number of carbonyl (C=O) groups excluding carboxylic acids is 1. The average molecular weight is 366 g/mol. The first-order valence-electron chi connectivity index (χ1n) is 7.65. The molecule has 0 spiro atoms. The van der Waals surface area contributed by atoms with Crippen molar-refractivity contribution in [3.05, 3.63) is 34.5 Å². The molecule has 0 fully saturated rings. The van der Waals surface area contributed by atoms with Crippen LogP contribution in [0.15, 0.2) is 23.4 Å². The lowest BCUT2D eigenvalue weighted by Gasteiger charge is -2.18. The highest BCUT2D eigenvalue weighted by Crippen LogP contribution is 2.33. The molecule has 0 aliphatic heterocycles. The van der Waals surface area contributed by atoms with E-state index < -0.39 is 10.0 Å². The number of amides is 1. The highest BCUT2D eigenvalue weighted by molar-refractivity contribution is 7.89. The van der Waals surface area contributed by atoms with E-state index in [4.69, 9.17) is 5.14 Å². The SMILES string of the molecule is CCC1CCc2nc(NC(=O)c3ccc(S(N)(=O)=O)nc3)sc2C1. The van der Waals surface area contributed by atoms with Crippen molar-refractivity contribution in [2.45, 2.75) is 37.6 Å². The maximum atomic E-state index is 12.2. The summed E-state index contributed by atoms with van der Waals surface area (Å²) in [6.45, 7) is 2.19. The van der Waals surface area contributed by atoms with Crippen molar-refractivity contribution in [2.75, 3.05) is 5.32 Å². The number of aromatic nitrogens is 2. The van der Waals surface area contributed by atoms with Crippen LogP contribution in [0.2, 0.25) is 0 Å². The van der Waals surface area contributed by atoms with E-state index in [-0.39, 0.29) is 16.5 Å². The number of sulfonamides is 1. The van der Waals surface area contributed by atoms with Crippen molar-refractivity contribution < 1.29 is 13.2 Å². The van der Waals surface area contributed by atoms with Crippen molar-refractivity contribution >= 4 is 32.4 Å². The third-order valence-electron chi connectivity index (χ3n) is 4.13. The Hall–Kier alpha value is -1.84. The van der Waals surface area contributed by atoms with E-state index in [2.05, 4.69) is 22.2 Å². The molecule has 0 saturated carbocycles. The van der Waals surface area contributed by atoms with Crippen LogP contribution in [0.1, 0.15) is 40.7 Å². The minimum absolute atomic E-state index is 0.252. The minimum Gasteiger partial charge on any atom is -0.298 e. The molecule has 2 heterocycles. The van der Waals surface area contributed by atoms with Gasteiger partial charge in [0.1, 0.15) is 0 Å². The number of nitrogens with two attached hydrogens (primary N) is 1. The molecule has 3 rings (SSSR count). The molecule has 0 aromatic carbocycles. The van der Waals surface area contributed by atoms with E-state index in [1.165, 1.54) is 34.5 Å². The van der Waals surface area contributed by atoms with Gasteiger partial charge in [0.2, 0.25) is 0 Å². The predicted molar refractivity (Wildman–Crippen MR) is 91.5 cm³/mol. The molecular formula is C15H18N4O3S2. The minimum atomic E-state index is -3.87. The molecule has 7 nitrogen and oxygen atoms in total. The van der Waals surface area contributed by atoms with Crippen LogP contribution in [0.4, 0.5) is 5.13 Å². The van der Waals surface area contributed by atoms with Gasteiger partial charge < -0.3 is 0 Å². The number of pyridine rings is 1. The van der Waals surface area contributed by atoms with E-state index in [1.54, 1.807) is 0 Å². The summed E-state index contributed by atoms with van der Waals surface area (Å²) in [6.07, 6.45) is 5.45. The molecule has 1 aliphatic rings. The van der Waals surface area contributed by atoms with Crippen LogP contribution in [0.25, 0.3) is 0 Å². The second-order valence-corrected chi connectivity index (χ2v) is 8.38. The van der Waals surface area contributed by atoms with Crippen molar-refractivity contribution in [3.63, 3.8) is 0 Å². The van der Waals surface area contributed by atoms with Gasteiger partial charge in [-0.2, -0.15) is 0 Å². The van der Waals surface area contributed by atoms with Gasteiger partial charge in [-0.15, -0.1) is 11.3 Å². The van der Waals surface area contributed by atoms with Gasteiger partial charge in [0, 0.05) is 11.1 Å². The average Bonchev–Trinajstić information content (AvgIpc) is 2.95. The molecule has 2 aromatic heterocycles. The van der Waals surface area contributed by atoms with Crippen LogP contribution in [-0.4, -0.2) is 24.3 Å². The molecule has 128 valence electrons. The summed E-state index contributed by atoms with van der Waals surface area (Å²) in [7, 11) is -3.87. The fourth-order valence-corrected chi connectivity index (χ4v) is 4.27. The Labute approximate surface area is 144 Å². The Kier molecular flexibility index (Phi) is 4.66. The number of hydrogen-bond donors (Lipinski definition) is 2. The number of nitrogens with one attached hydrogen (secondary N) is 1. The van der Waals surface area contributed by atoms with Gasteiger partial charge in [-0.25, -0.2) is 23.5 Å². The van der Waals surface area contributed by atoms with Gasteiger partial charge in [0.25, 0.3) is 15.9 Å². The second-order valence-electron chi connectivity index (χ2n) is 5.79. The van der Waals surface area contributed by atoms with Gasteiger partial charge in [-0.05, 0) is 37.3 Å². The zero-order chi connectivity index (χ0) is 17.3. The normalized spacial score (nSPS) is 17.3. The zero-order valence-electron chi connectivity index (χ0n) is 13.2. The molecule has 3 N–H and O–H groups in total. The van der Waals surface area contributed by atoms with E-state index in [0.29, 0.717) is 11.0 Å². The molecule has 24 heavy (non-hydrogen) atoms. The quantitative estimate of drug-likeness (QED) is 0.858. The molecular weight excluding hydrogens is 348 g/mol. The van der Waals surface area contributed by atoms with Gasteiger partial charge in [0.05, 0.1) is 11.3 Å². The summed E-state index contributed by atoms with van der Waals surface area (Å²) >= 11 is 1.51. The Morgan fingerprint density at radius 2 is 2.25 bits per heavy atom. The number of hydrogen-bond acceptors (Lipinski definition) is 6. The van der Waals surface area contributed by atoms with E-state index in [1.807, 2.05) is 0 Å². The van der Waals surface area contributed by atoms with Gasteiger partial charge in [0.15, 0.2) is 10.2 Å². The molecule has 0 radical (unpaired) electrons. The summed E-state index contributed by atoms with van der Waals surface area (Å²) < 4.78 is 22.3. The fraction of sp³-hybridized carbons (Fsp3) is 0.400. The molecule has 0 bridgehead atoms. The number of fused-ring (bicyclic) bond motifs is 1. The Balaban J connectivity index is 1.73. The molecule has 9 heteroatoms. The summed E-state index contributed by atoms with van der Waals surface area (Å²) in [4.78, 5) is 21.7. The summed E-state index contributed by atoms with van der Waals surface area (Å²) in [5.41, 5.74) is 1.32. The van der Waals surface area contributed by atoms with Crippen LogP contribution in [0.5, 0.6) is 0 Å². The van der Waals surface area contributed by atoms with E-state index >= 15 is 0 Å². The first-order chi connectivity index (χ1) is 11.4. The lowest BCUT2D eigenvalue weighted by Crippen LogP contribution is -2.16. The standard InChI is InChI=1S/C15H18N4O3S2/c1-2-9-3-5-11-12(7-9)23-15(18-11)19-14(20)10-4-6-13(17-8-10)24(16,21)22/h4,6,8-9H,2-3,5,7H2,1H3,(H2,16,21,22)(H,18,19,20). The Bertz CT molecular complexity index is 859. The van der Waals surface area contributed by atoms with Crippen LogP contribution in [0.3, 0.4) is 0 Å². The maximum absolute atomic E-state index is 12.2. The number of rotatable bonds is 4. The Morgan fingerprint density at radius 1 is 1.46 bits per heavy atom. The van der Waals surface area contributed by atoms with Crippen LogP contribution in [0, 0.1) is 5.92 Å². The van der Waals surface area contributed by atoms with Crippen LogP contribution >= 0.6 is 11.3 Å². The first kappa shape index (κ1) is 17.0. The van der Waals surface area contributed by atoms with E-state index in [9.17, 15) is 13.2 Å². The zero-order valence-corrected chi connectivity index (χ0v) is 14.8. The van der Waals surface area contributed by atoms with Crippen LogP contribution < -0.4 is 10.5 Å². The maximum Gasteiger partial charge on any atom is 0.259 e. The summed E-state index contributed by atoms with van der Waals surface area (Å²) in [5.74, 6) is 0.318. The van der Waals surface area contributed by atoms with Gasteiger partial charge >= 0.3 is 0 Å². The number of aryl methyl sites for hydroxylation is 1. The van der Waals surface area contributed by atoms with Gasteiger partial charge in [-0.3, -0.25) is 10.1 Å². The molecule has 2 aromatic rings. The molecule has 1 aliphatic carbocycles. The van der Waals surface area contributed by atoms with Crippen molar-refractivity contribution in [2.24, 2.45) is 11.1 Å². The number of carbonyl (C=O) groups is 1. The van der Waals surface area contributed by atoms with Crippen LogP contribution in [-0.2, 0) is 22.9 Å². The number of anilines is 1. The summed E-state index contributed by atoms with van der Waals surface area (Å²) in [6, 6.07) is 2.59. The van der Waals surface area contributed by atoms with Crippen molar-refractivity contribution in [1.29, 1.82) is 0 Å². The fourth-order valence-electron chi connectivity index (χ4n) is 2.70. The first-order valence-corrected chi connectivity index (χ1v) is 10.0. The lowest BCUT2D eigenvalue weighted by molar-refractivity contribution is 0.102. The third kappa shape index (κ3) is 3.63. The molecule has 1 unspecified atom stereocenters. The van der Waals surface area contributed by atoms with Crippen molar-refractivity contribution in [1.82, 2.24) is 9.97 Å². The largest absolute Gasteiger partial charge is 0.298 e. The monoisotopic (exact) mass is 366 g/mol. The Morgan fingerprint density at radius 3 is 2.88 bits per heavy atom. The molecule has 1 atom stereocenters. The second kappa shape index (κ2) is 6.58. The lowest BCUT2D eigenvalue weighted by atomic mass is 9.89. The topological polar surface area (TPSA) is 115 Å². The predicted octanol–water partition coefficient (Wildman–Crippen LogP) is 1.95. The summed E-state index contributed by atoms with van der Waals surface area (Å²) in [5, 5.41) is 8.04. The number of nitrogens with zero attached hydrogens (tertiary/aromatic N) is 2. The number of primary sulfonamides is 1. The van der Waals surface area contributed by atoms with E-state index in [0.717, 1.165) is 31.4 Å². The van der Waals surface area contributed by atoms with Crippen molar-refractivity contribution in [3.8, 4) is 0 Å². The van der Waals surface area contributed by atoms with Gasteiger partial charge in [-0.1, -0.05) is 13.3 Å². The highest BCUT2D eigenvalue weighted by atomic mass is 32.2. The smallest absolute Gasteiger partial charge is 0.259 e. The molecule has 1 amide bonds. The number of thiazole rings is 1. The highest BCUT2D eigenvalue weighted by Gasteiger charge is 2.22.